The summed E-state index contributed by atoms with van der Waals surface area (Å²) in [6, 6.07) is 10.2. The molecule has 0 bridgehead atoms. The van der Waals surface area contributed by atoms with Crippen molar-refractivity contribution in [1.29, 1.82) is 5.26 Å². The molecule has 0 amide bonds. The highest BCUT2D eigenvalue weighted by atomic mass is 14.8. The molecule has 0 unspecified atom stereocenters. The quantitative estimate of drug-likeness (QED) is 0.611. The van der Waals surface area contributed by atoms with Crippen LogP contribution < -0.4 is 0 Å². The molecule has 2 rings (SSSR count). The standard InChI is InChI=1S/C10H8N2/c11-6-5-10-9-4-2-1-3-8(9)7-12-10/h1-4H,5,7H2. The third-order valence-corrected chi connectivity index (χ3v) is 2.02. The van der Waals surface area contributed by atoms with Crippen molar-refractivity contribution in [2.24, 2.45) is 4.99 Å². The SMILES string of the molecule is N#CCC1=NCc2ccccc21. The number of nitriles is 1. The second kappa shape index (κ2) is 2.78. The molecule has 58 valence electrons. The molecule has 0 N–H and O–H groups in total. The Morgan fingerprint density at radius 3 is 3.08 bits per heavy atom. The van der Waals surface area contributed by atoms with Crippen molar-refractivity contribution < 1.29 is 0 Å². The highest BCUT2D eigenvalue weighted by molar-refractivity contribution is 6.04. The zero-order valence-electron chi connectivity index (χ0n) is 6.62. The van der Waals surface area contributed by atoms with Gasteiger partial charge in [0.15, 0.2) is 0 Å². The first kappa shape index (κ1) is 7.05. The van der Waals surface area contributed by atoms with Crippen molar-refractivity contribution >= 4 is 5.71 Å². The van der Waals surface area contributed by atoms with Gasteiger partial charge >= 0.3 is 0 Å². The third kappa shape index (κ3) is 0.998. The number of aliphatic imine (C=N–C) groups is 1. The maximum absolute atomic E-state index is 8.52. The van der Waals surface area contributed by atoms with E-state index in [1.54, 1.807) is 0 Å². The Bertz CT molecular complexity index is 372. The Kier molecular flexibility index (Phi) is 1.64. The molecule has 1 heterocycles. The number of hydrogen-bond donors (Lipinski definition) is 0. The van der Waals surface area contributed by atoms with Gasteiger partial charge in [-0.2, -0.15) is 5.26 Å². The highest BCUT2D eigenvalue weighted by Gasteiger charge is 2.13. The van der Waals surface area contributed by atoms with E-state index in [-0.39, 0.29) is 0 Å². The second-order valence-electron chi connectivity index (χ2n) is 2.75. The van der Waals surface area contributed by atoms with Gasteiger partial charge in [-0.25, -0.2) is 0 Å². The van der Waals surface area contributed by atoms with Crippen LogP contribution in [0, 0.1) is 11.3 Å². The minimum absolute atomic E-state index is 0.428. The van der Waals surface area contributed by atoms with Crippen LogP contribution in [0.4, 0.5) is 0 Å². The first-order valence-electron chi connectivity index (χ1n) is 3.90. The summed E-state index contributed by atoms with van der Waals surface area (Å²) in [5.74, 6) is 0. The lowest BCUT2D eigenvalue weighted by Crippen LogP contribution is -1.95. The van der Waals surface area contributed by atoms with Gasteiger partial charge < -0.3 is 0 Å². The van der Waals surface area contributed by atoms with Crippen molar-refractivity contribution in [1.82, 2.24) is 0 Å². The van der Waals surface area contributed by atoms with Crippen molar-refractivity contribution in [2.75, 3.05) is 0 Å². The predicted octanol–water partition coefficient (Wildman–Crippen LogP) is 1.90. The Labute approximate surface area is 71.2 Å². The summed E-state index contributed by atoms with van der Waals surface area (Å²) in [6.45, 7) is 0.743. The van der Waals surface area contributed by atoms with Crippen LogP contribution in [0.5, 0.6) is 0 Å². The summed E-state index contributed by atoms with van der Waals surface area (Å²) in [7, 11) is 0. The lowest BCUT2D eigenvalue weighted by molar-refractivity contribution is 1.10. The van der Waals surface area contributed by atoms with E-state index in [0.29, 0.717) is 6.42 Å². The fourth-order valence-electron chi connectivity index (χ4n) is 1.43. The van der Waals surface area contributed by atoms with Crippen molar-refractivity contribution in [3.63, 3.8) is 0 Å². The van der Waals surface area contributed by atoms with Gasteiger partial charge in [-0.05, 0) is 5.56 Å². The van der Waals surface area contributed by atoms with Gasteiger partial charge in [0.25, 0.3) is 0 Å². The molecule has 0 atom stereocenters. The van der Waals surface area contributed by atoms with E-state index in [0.717, 1.165) is 17.8 Å². The van der Waals surface area contributed by atoms with Crippen LogP contribution in [-0.2, 0) is 6.54 Å². The Morgan fingerprint density at radius 1 is 1.42 bits per heavy atom. The number of benzene rings is 1. The minimum Gasteiger partial charge on any atom is -0.283 e. The average Bonchev–Trinajstić information content (AvgIpc) is 2.50. The molecule has 2 nitrogen and oxygen atoms in total. The maximum Gasteiger partial charge on any atom is 0.0776 e. The molecule has 0 aromatic heterocycles. The van der Waals surface area contributed by atoms with Crippen LogP contribution in [0.2, 0.25) is 0 Å². The number of hydrogen-bond acceptors (Lipinski definition) is 2. The normalized spacial score (nSPS) is 13.4. The summed E-state index contributed by atoms with van der Waals surface area (Å²) in [5, 5.41) is 8.52. The van der Waals surface area contributed by atoms with Gasteiger partial charge in [-0.15, -0.1) is 0 Å². The van der Waals surface area contributed by atoms with Gasteiger partial charge in [0.2, 0.25) is 0 Å². The van der Waals surface area contributed by atoms with Gasteiger partial charge in [0, 0.05) is 5.56 Å². The zero-order chi connectivity index (χ0) is 8.39. The molecule has 0 saturated heterocycles. The van der Waals surface area contributed by atoms with Crippen LogP contribution in [0.3, 0.4) is 0 Å². The molecule has 0 aliphatic carbocycles. The van der Waals surface area contributed by atoms with Crippen LogP contribution in [0.25, 0.3) is 0 Å². The van der Waals surface area contributed by atoms with E-state index in [1.807, 2.05) is 18.2 Å². The fraction of sp³-hybridized carbons (Fsp3) is 0.200. The molecule has 1 aliphatic rings. The molecule has 1 aromatic carbocycles. The molecule has 2 heteroatoms. The molecule has 0 radical (unpaired) electrons. The largest absolute Gasteiger partial charge is 0.283 e. The van der Waals surface area contributed by atoms with Crippen molar-refractivity contribution in [2.45, 2.75) is 13.0 Å². The summed E-state index contributed by atoms with van der Waals surface area (Å²) in [6.07, 6.45) is 0.428. The lowest BCUT2D eigenvalue weighted by Gasteiger charge is -1.97. The van der Waals surface area contributed by atoms with E-state index in [9.17, 15) is 0 Å². The summed E-state index contributed by atoms with van der Waals surface area (Å²) in [4.78, 5) is 4.29. The Balaban J connectivity index is 2.40. The molecular weight excluding hydrogens is 148 g/mol. The first-order chi connectivity index (χ1) is 5.92. The molecule has 1 aliphatic heterocycles. The van der Waals surface area contributed by atoms with Gasteiger partial charge in [0.1, 0.15) is 0 Å². The van der Waals surface area contributed by atoms with E-state index in [2.05, 4.69) is 17.1 Å². The zero-order valence-corrected chi connectivity index (χ0v) is 6.62. The Hall–Kier alpha value is -1.62. The van der Waals surface area contributed by atoms with Crippen LogP contribution in [-0.4, -0.2) is 5.71 Å². The molecule has 0 saturated carbocycles. The lowest BCUT2D eigenvalue weighted by atomic mass is 10.0. The minimum atomic E-state index is 0.428. The fourth-order valence-corrected chi connectivity index (χ4v) is 1.43. The number of fused-ring (bicyclic) bond motifs is 1. The van der Waals surface area contributed by atoms with Gasteiger partial charge in [-0.1, -0.05) is 24.3 Å². The van der Waals surface area contributed by atoms with Crippen molar-refractivity contribution in [3.05, 3.63) is 35.4 Å². The molecule has 12 heavy (non-hydrogen) atoms. The molecule has 0 spiro atoms. The van der Waals surface area contributed by atoms with Crippen LogP contribution >= 0.6 is 0 Å². The van der Waals surface area contributed by atoms with Gasteiger partial charge in [-0.3, -0.25) is 4.99 Å². The second-order valence-corrected chi connectivity index (χ2v) is 2.75. The number of nitrogens with zero attached hydrogens (tertiary/aromatic N) is 2. The van der Waals surface area contributed by atoms with E-state index in [1.165, 1.54) is 5.56 Å². The monoisotopic (exact) mass is 156 g/mol. The smallest absolute Gasteiger partial charge is 0.0776 e. The van der Waals surface area contributed by atoms with E-state index >= 15 is 0 Å². The summed E-state index contributed by atoms with van der Waals surface area (Å²) < 4.78 is 0. The number of rotatable bonds is 1. The first-order valence-corrected chi connectivity index (χ1v) is 3.90. The highest BCUT2D eigenvalue weighted by Crippen LogP contribution is 2.19. The topological polar surface area (TPSA) is 36.1 Å². The van der Waals surface area contributed by atoms with Crippen molar-refractivity contribution in [3.8, 4) is 6.07 Å². The van der Waals surface area contributed by atoms with Crippen LogP contribution in [0.1, 0.15) is 17.5 Å². The molecule has 1 aromatic rings. The average molecular weight is 156 g/mol. The van der Waals surface area contributed by atoms with E-state index in [4.69, 9.17) is 5.26 Å². The maximum atomic E-state index is 8.52. The summed E-state index contributed by atoms with van der Waals surface area (Å²) in [5.41, 5.74) is 3.33. The molecule has 0 fully saturated rings. The van der Waals surface area contributed by atoms with Crippen LogP contribution in [0.15, 0.2) is 29.3 Å². The Morgan fingerprint density at radius 2 is 2.25 bits per heavy atom. The van der Waals surface area contributed by atoms with Gasteiger partial charge in [0.05, 0.1) is 24.7 Å². The third-order valence-electron chi connectivity index (χ3n) is 2.02. The van der Waals surface area contributed by atoms with E-state index < -0.39 is 0 Å². The summed E-state index contributed by atoms with van der Waals surface area (Å²) >= 11 is 0. The predicted molar refractivity (Wildman–Crippen MR) is 46.9 cm³/mol. The molecular formula is C10H8N2.